The maximum absolute atomic E-state index is 12.9. The van der Waals surface area contributed by atoms with Gasteiger partial charge >= 0.3 is 0 Å². The van der Waals surface area contributed by atoms with E-state index < -0.39 is 0 Å². The SMILES string of the molecule is CCC(CC)CN1CCC(=O)NC(C2CCCCC2)C1=O. The van der Waals surface area contributed by atoms with Crippen LogP contribution >= 0.6 is 0 Å². The van der Waals surface area contributed by atoms with E-state index in [1.807, 2.05) is 4.90 Å². The molecule has 1 saturated carbocycles. The lowest BCUT2D eigenvalue weighted by Crippen LogP contribution is -2.50. The minimum absolute atomic E-state index is 0.0472. The van der Waals surface area contributed by atoms with Crippen molar-refractivity contribution in [2.75, 3.05) is 13.1 Å². The van der Waals surface area contributed by atoms with Gasteiger partial charge in [-0.05, 0) is 24.7 Å². The Balaban J connectivity index is 2.07. The van der Waals surface area contributed by atoms with E-state index in [0.29, 0.717) is 24.8 Å². The molecular weight excluding hydrogens is 264 g/mol. The summed E-state index contributed by atoms with van der Waals surface area (Å²) in [5.41, 5.74) is 0. The van der Waals surface area contributed by atoms with E-state index in [4.69, 9.17) is 0 Å². The highest BCUT2D eigenvalue weighted by molar-refractivity contribution is 5.90. The standard InChI is InChI=1S/C17H30N2O2/c1-3-13(4-2)12-19-11-10-15(20)18-16(17(19)21)14-8-6-5-7-9-14/h13-14,16H,3-12H2,1-2H3,(H,18,20). The summed E-state index contributed by atoms with van der Waals surface area (Å²) >= 11 is 0. The first-order valence-corrected chi connectivity index (χ1v) is 8.73. The van der Waals surface area contributed by atoms with Crippen molar-refractivity contribution >= 4 is 11.8 Å². The van der Waals surface area contributed by atoms with Crippen molar-refractivity contribution < 1.29 is 9.59 Å². The van der Waals surface area contributed by atoms with Gasteiger partial charge < -0.3 is 10.2 Å². The average molecular weight is 294 g/mol. The molecule has 120 valence electrons. The molecular formula is C17H30N2O2. The summed E-state index contributed by atoms with van der Waals surface area (Å²) < 4.78 is 0. The van der Waals surface area contributed by atoms with Gasteiger partial charge in [-0.2, -0.15) is 0 Å². The molecule has 0 aromatic rings. The van der Waals surface area contributed by atoms with Crippen LogP contribution in [0.3, 0.4) is 0 Å². The molecule has 1 aliphatic heterocycles. The topological polar surface area (TPSA) is 49.4 Å². The molecule has 1 saturated heterocycles. The lowest BCUT2D eigenvalue weighted by molar-refractivity contribution is -0.136. The number of carbonyl (C=O) groups is 2. The highest BCUT2D eigenvalue weighted by Gasteiger charge is 2.36. The molecule has 0 radical (unpaired) electrons. The number of hydrogen-bond donors (Lipinski definition) is 1. The van der Waals surface area contributed by atoms with E-state index in [9.17, 15) is 9.59 Å². The van der Waals surface area contributed by atoms with Crippen molar-refractivity contribution in [1.29, 1.82) is 0 Å². The van der Waals surface area contributed by atoms with Gasteiger partial charge in [0.2, 0.25) is 11.8 Å². The van der Waals surface area contributed by atoms with Gasteiger partial charge in [-0.1, -0.05) is 46.0 Å². The smallest absolute Gasteiger partial charge is 0.245 e. The van der Waals surface area contributed by atoms with Crippen LogP contribution in [-0.2, 0) is 9.59 Å². The van der Waals surface area contributed by atoms with Gasteiger partial charge in [0.15, 0.2) is 0 Å². The molecule has 2 amide bonds. The number of nitrogens with one attached hydrogen (secondary N) is 1. The lowest BCUT2D eigenvalue weighted by atomic mass is 9.83. The van der Waals surface area contributed by atoms with Crippen LogP contribution in [0.2, 0.25) is 0 Å². The molecule has 1 aliphatic carbocycles. The van der Waals surface area contributed by atoms with Crippen LogP contribution in [0.4, 0.5) is 0 Å². The molecule has 1 heterocycles. The van der Waals surface area contributed by atoms with Crippen LogP contribution in [-0.4, -0.2) is 35.8 Å². The molecule has 0 aromatic heterocycles. The molecule has 1 atom stereocenters. The van der Waals surface area contributed by atoms with Crippen LogP contribution in [0.25, 0.3) is 0 Å². The predicted octanol–water partition coefficient (Wildman–Crippen LogP) is 2.72. The first-order valence-electron chi connectivity index (χ1n) is 8.73. The van der Waals surface area contributed by atoms with E-state index in [-0.39, 0.29) is 17.9 Å². The van der Waals surface area contributed by atoms with Gasteiger partial charge in [0.25, 0.3) is 0 Å². The zero-order valence-corrected chi connectivity index (χ0v) is 13.6. The normalized spacial score (nSPS) is 25.1. The van der Waals surface area contributed by atoms with Crippen molar-refractivity contribution in [3.05, 3.63) is 0 Å². The quantitative estimate of drug-likeness (QED) is 0.847. The molecule has 0 aromatic carbocycles. The monoisotopic (exact) mass is 294 g/mol. The van der Waals surface area contributed by atoms with E-state index in [1.54, 1.807) is 0 Å². The molecule has 1 unspecified atom stereocenters. The Labute approximate surface area is 128 Å². The first kappa shape index (κ1) is 16.3. The Morgan fingerprint density at radius 1 is 1.14 bits per heavy atom. The van der Waals surface area contributed by atoms with Crippen molar-refractivity contribution in [3.63, 3.8) is 0 Å². The first-order chi connectivity index (χ1) is 10.2. The maximum atomic E-state index is 12.9. The highest BCUT2D eigenvalue weighted by atomic mass is 16.2. The molecule has 2 fully saturated rings. The van der Waals surface area contributed by atoms with Gasteiger partial charge in [-0.15, -0.1) is 0 Å². The fraction of sp³-hybridized carbons (Fsp3) is 0.882. The van der Waals surface area contributed by atoms with Crippen molar-refractivity contribution in [2.24, 2.45) is 11.8 Å². The number of rotatable bonds is 5. The molecule has 0 bridgehead atoms. The molecule has 2 aliphatic rings. The summed E-state index contributed by atoms with van der Waals surface area (Å²) in [5, 5.41) is 3.01. The van der Waals surface area contributed by atoms with Gasteiger partial charge in [0.05, 0.1) is 0 Å². The zero-order chi connectivity index (χ0) is 15.2. The fourth-order valence-corrected chi connectivity index (χ4v) is 3.68. The van der Waals surface area contributed by atoms with E-state index in [1.165, 1.54) is 19.3 Å². The van der Waals surface area contributed by atoms with E-state index >= 15 is 0 Å². The van der Waals surface area contributed by atoms with Crippen molar-refractivity contribution in [1.82, 2.24) is 10.2 Å². The summed E-state index contributed by atoms with van der Waals surface area (Å²) in [7, 11) is 0. The predicted molar refractivity (Wildman–Crippen MR) is 83.8 cm³/mol. The summed E-state index contributed by atoms with van der Waals surface area (Å²) in [6, 6.07) is -0.269. The highest BCUT2D eigenvalue weighted by Crippen LogP contribution is 2.28. The third-order valence-corrected chi connectivity index (χ3v) is 5.26. The van der Waals surface area contributed by atoms with Crippen LogP contribution in [0.5, 0.6) is 0 Å². The Morgan fingerprint density at radius 2 is 1.81 bits per heavy atom. The summed E-state index contributed by atoms with van der Waals surface area (Å²) in [6.07, 6.45) is 8.45. The molecule has 2 rings (SSSR count). The molecule has 21 heavy (non-hydrogen) atoms. The average Bonchev–Trinajstić information content (AvgIpc) is 2.66. The van der Waals surface area contributed by atoms with Gasteiger partial charge in [-0.3, -0.25) is 9.59 Å². The number of amides is 2. The Kier molecular flexibility index (Phi) is 6.07. The molecule has 4 nitrogen and oxygen atoms in total. The second kappa shape index (κ2) is 7.81. The lowest BCUT2D eigenvalue weighted by Gasteiger charge is -2.33. The zero-order valence-electron chi connectivity index (χ0n) is 13.6. The van der Waals surface area contributed by atoms with Crippen LogP contribution in [0.15, 0.2) is 0 Å². The minimum Gasteiger partial charge on any atom is -0.344 e. The Hall–Kier alpha value is -1.06. The van der Waals surface area contributed by atoms with Crippen molar-refractivity contribution in [2.45, 2.75) is 71.3 Å². The second-order valence-electron chi connectivity index (χ2n) is 6.66. The fourth-order valence-electron chi connectivity index (χ4n) is 3.68. The summed E-state index contributed by atoms with van der Waals surface area (Å²) in [4.78, 5) is 26.8. The molecule has 0 spiro atoms. The van der Waals surface area contributed by atoms with Gasteiger partial charge in [0, 0.05) is 19.5 Å². The van der Waals surface area contributed by atoms with E-state index in [0.717, 1.165) is 32.2 Å². The molecule has 4 heteroatoms. The number of hydrogen-bond acceptors (Lipinski definition) is 2. The third-order valence-electron chi connectivity index (χ3n) is 5.26. The van der Waals surface area contributed by atoms with Crippen LogP contribution in [0.1, 0.15) is 65.2 Å². The van der Waals surface area contributed by atoms with Crippen LogP contribution in [0, 0.1) is 11.8 Å². The third kappa shape index (κ3) is 4.21. The van der Waals surface area contributed by atoms with Gasteiger partial charge in [-0.25, -0.2) is 0 Å². The summed E-state index contributed by atoms with van der Waals surface area (Å²) in [5.74, 6) is 1.11. The largest absolute Gasteiger partial charge is 0.344 e. The minimum atomic E-state index is -0.269. The Morgan fingerprint density at radius 3 is 2.43 bits per heavy atom. The van der Waals surface area contributed by atoms with Gasteiger partial charge in [0.1, 0.15) is 6.04 Å². The Bertz CT molecular complexity index is 360. The molecule has 1 N–H and O–H groups in total. The van der Waals surface area contributed by atoms with Crippen molar-refractivity contribution in [3.8, 4) is 0 Å². The number of carbonyl (C=O) groups excluding carboxylic acids is 2. The van der Waals surface area contributed by atoms with Crippen LogP contribution < -0.4 is 5.32 Å². The number of nitrogens with zero attached hydrogens (tertiary/aromatic N) is 1. The maximum Gasteiger partial charge on any atom is 0.245 e. The second-order valence-corrected chi connectivity index (χ2v) is 6.66. The summed E-state index contributed by atoms with van der Waals surface area (Å²) in [6.45, 7) is 5.76. The van der Waals surface area contributed by atoms with E-state index in [2.05, 4.69) is 19.2 Å².